The van der Waals surface area contributed by atoms with E-state index in [1.165, 1.54) is 5.56 Å². The van der Waals surface area contributed by atoms with Crippen LogP contribution in [0.4, 0.5) is 0 Å². The van der Waals surface area contributed by atoms with Crippen LogP contribution in [0.15, 0.2) is 24.3 Å². The summed E-state index contributed by atoms with van der Waals surface area (Å²) in [5.41, 5.74) is 1.25. The van der Waals surface area contributed by atoms with Gasteiger partial charge in [-0.3, -0.25) is 4.79 Å². The molecule has 112 valence electrons. The van der Waals surface area contributed by atoms with Crippen LogP contribution in [0.25, 0.3) is 0 Å². The molecule has 0 aliphatic rings. The largest absolute Gasteiger partial charge is 0.484 e. The summed E-state index contributed by atoms with van der Waals surface area (Å²) in [7, 11) is 0. The fraction of sp³-hybridized carbons (Fsp3) is 0.533. The molecule has 5 heteroatoms. The Morgan fingerprint density at radius 1 is 1.30 bits per heavy atom. The number of carbonyl (C=O) groups excluding carboxylic acids is 1. The Labute approximate surface area is 124 Å². The maximum atomic E-state index is 11.5. The van der Waals surface area contributed by atoms with Gasteiger partial charge in [0.2, 0.25) is 0 Å². The van der Waals surface area contributed by atoms with Crippen LogP contribution in [0, 0.1) is 0 Å². The van der Waals surface area contributed by atoms with Crippen molar-refractivity contribution in [2.75, 3.05) is 31.3 Å². The van der Waals surface area contributed by atoms with Crippen molar-refractivity contribution in [2.45, 2.75) is 19.8 Å². The van der Waals surface area contributed by atoms with Crippen molar-refractivity contribution < 1.29 is 14.6 Å². The van der Waals surface area contributed by atoms with E-state index in [2.05, 4.69) is 12.2 Å². The molecule has 0 radical (unpaired) electrons. The molecule has 4 nitrogen and oxygen atoms in total. The number of carbonyl (C=O) groups is 1. The zero-order valence-corrected chi connectivity index (χ0v) is 12.7. The average molecular weight is 297 g/mol. The molecule has 0 aromatic heterocycles. The Balaban J connectivity index is 2.10. The van der Waals surface area contributed by atoms with Crippen LogP contribution in [0.1, 0.15) is 18.9 Å². The third kappa shape index (κ3) is 7.40. The number of nitrogens with one attached hydrogen (secondary N) is 1. The molecule has 1 amide bonds. The molecule has 2 N–H and O–H groups in total. The number of aryl methyl sites for hydroxylation is 1. The van der Waals surface area contributed by atoms with E-state index in [0.717, 1.165) is 30.1 Å². The van der Waals surface area contributed by atoms with E-state index in [0.29, 0.717) is 6.54 Å². The molecule has 1 aromatic carbocycles. The predicted octanol–water partition coefficient (Wildman–Crippen LogP) is 1.86. The molecule has 0 atom stereocenters. The normalized spacial score (nSPS) is 10.3. The summed E-state index contributed by atoms with van der Waals surface area (Å²) in [6, 6.07) is 7.78. The Kier molecular flexibility index (Phi) is 8.91. The van der Waals surface area contributed by atoms with Gasteiger partial charge in [-0.15, -0.1) is 0 Å². The number of thioether (sulfide) groups is 1. The monoisotopic (exact) mass is 297 g/mol. The van der Waals surface area contributed by atoms with Crippen molar-refractivity contribution in [1.29, 1.82) is 0 Å². The summed E-state index contributed by atoms with van der Waals surface area (Å²) in [6.45, 7) is 3.01. The number of amides is 1. The average Bonchev–Trinajstić information content (AvgIpc) is 2.49. The maximum absolute atomic E-state index is 11.5. The molecular formula is C15H23NO3S. The molecule has 0 unspecified atom stereocenters. The Hall–Kier alpha value is -1.20. The van der Waals surface area contributed by atoms with Gasteiger partial charge in [-0.25, -0.2) is 0 Å². The highest BCUT2D eigenvalue weighted by molar-refractivity contribution is 7.99. The van der Waals surface area contributed by atoms with Gasteiger partial charge in [-0.1, -0.05) is 19.1 Å². The quantitative estimate of drug-likeness (QED) is 0.647. The lowest BCUT2D eigenvalue weighted by molar-refractivity contribution is -0.122. The minimum Gasteiger partial charge on any atom is -0.484 e. The van der Waals surface area contributed by atoms with E-state index in [-0.39, 0.29) is 19.1 Å². The molecule has 0 saturated carbocycles. The Morgan fingerprint density at radius 2 is 2.05 bits per heavy atom. The summed E-state index contributed by atoms with van der Waals surface area (Å²) < 4.78 is 5.41. The van der Waals surface area contributed by atoms with Crippen LogP contribution in [-0.4, -0.2) is 42.3 Å². The number of rotatable bonds is 10. The first-order chi connectivity index (χ1) is 9.76. The highest BCUT2D eigenvalue weighted by Crippen LogP contribution is 2.12. The lowest BCUT2D eigenvalue weighted by atomic mass is 10.2. The highest BCUT2D eigenvalue weighted by atomic mass is 32.2. The number of aliphatic hydroxyl groups is 1. The lowest BCUT2D eigenvalue weighted by Crippen LogP contribution is -2.30. The number of benzene rings is 1. The van der Waals surface area contributed by atoms with Gasteiger partial charge in [-0.2, -0.15) is 11.8 Å². The van der Waals surface area contributed by atoms with E-state index in [9.17, 15) is 4.79 Å². The van der Waals surface area contributed by atoms with Crippen LogP contribution in [-0.2, 0) is 11.2 Å². The summed E-state index contributed by atoms with van der Waals surface area (Å²) in [5, 5.41) is 11.4. The first-order valence-corrected chi connectivity index (χ1v) is 8.08. The summed E-state index contributed by atoms with van der Waals surface area (Å²) >= 11 is 1.72. The molecule has 20 heavy (non-hydrogen) atoms. The smallest absolute Gasteiger partial charge is 0.257 e. The van der Waals surface area contributed by atoms with Crippen molar-refractivity contribution in [3.8, 4) is 5.75 Å². The fourth-order valence-corrected chi connectivity index (χ4v) is 2.34. The zero-order chi connectivity index (χ0) is 14.6. The molecule has 0 saturated heterocycles. The van der Waals surface area contributed by atoms with Crippen molar-refractivity contribution in [3.05, 3.63) is 29.8 Å². The molecule has 1 aromatic rings. The van der Waals surface area contributed by atoms with Crippen LogP contribution >= 0.6 is 11.8 Å². The number of hydrogen-bond donors (Lipinski definition) is 2. The molecule has 0 aliphatic carbocycles. The minimum atomic E-state index is -0.104. The van der Waals surface area contributed by atoms with Crippen molar-refractivity contribution in [2.24, 2.45) is 0 Å². The number of ether oxygens (including phenoxy) is 1. The lowest BCUT2D eigenvalue weighted by Gasteiger charge is -2.08. The van der Waals surface area contributed by atoms with Crippen molar-refractivity contribution in [3.63, 3.8) is 0 Å². The van der Waals surface area contributed by atoms with Crippen molar-refractivity contribution in [1.82, 2.24) is 5.32 Å². The first kappa shape index (κ1) is 16.9. The van der Waals surface area contributed by atoms with Gasteiger partial charge in [0, 0.05) is 18.9 Å². The maximum Gasteiger partial charge on any atom is 0.257 e. The van der Waals surface area contributed by atoms with E-state index >= 15 is 0 Å². The number of aliphatic hydroxyl groups excluding tert-OH is 1. The SMILES string of the molecule is CCc1ccc(OCC(=O)NCCSCCCO)cc1. The zero-order valence-electron chi connectivity index (χ0n) is 11.9. The van der Waals surface area contributed by atoms with Gasteiger partial charge in [0.05, 0.1) is 0 Å². The van der Waals surface area contributed by atoms with Crippen molar-refractivity contribution >= 4 is 17.7 Å². The van der Waals surface area contributed by atoms with E-state index in [4.69, 9.17) is 9.84 Å². The molecule has 0 heterocycles. The van der Waals surface area contributed by atoms with Crippen LogP contribution in [0.3, 0.4) is 0 Å². The molecule has 0 fully saturated rings. The first-order valence-electron chi connectivity index (χ1n) is 6.93. The van der Waals surface area contributed by atoms with Crippen LogP contribution in [0.5, 0.6) is 5.75 Å². The van der Waals surface area contributed by atoms with Crippen LogP contribution in [0.2, 0.25) is 0 Å². The van der Waals surface area contributed by atoms with Gasteiger partial charge in [0.1, 0.15) is 5.75 Å². The van der Waals surface area contributed by atoms with Gasteiger partial charge in [0.15, 0.2) is 6.61 Å². The second kappa shape index (κ2) is 10.6. The minimum absolute atomic E-state index is 0.0484. The fourth-order valence-electron chi connectivity index (χ4n) is 1.55. The predicted molar refractivity (Wildman–Crippen MR) is 83.4 cm³/mol. The Morgan fingerprint density at radius 3 is 2.70 bits per heavy atom. The van der Waals surface area contributed by atoms with Crippen LogP contribution < -0.4 is 10.1 Å². The van der Waals surface area contributed by atoms with E-state index < -0.39 is 0 Å². The molecule has 1 rings (SSSR count). The number of hydrogen-bond acceptors (Lipinski definition) is 4. The van der Waals surface area contributed by atoms with Gasteiger partial charge in [-0.05, 0) is 36.3 Å². The second-order valence-corrected chi connectivity index (χ2v) is 5.55. The standard InChI is InChI=1S/C15H23NO3S/c1-2-13-4-6-14(7-5-13)19-12-15(18)16-8-11-20-10-3-9-17/h4-7,17H,2-3,8-12H2,1H3,(H,16,18). The molecular weight excluding hydrogens is 274 g/mol. The van der Waals surface area contributed by atoms with E-state index in [1.807, 2.05) is 24.3 Å². The third-order valence-corrected chi connectivity index (χ3v) is 3.79. The molecule has 0 bridgehead atoms. The summed E-state index contributed by atoms with van der Waals surface area (Å²) in [4.78, 5) is 11.5. The summed E-state index contributed by atoms with van der Waals surface area (Å²) in [5.74, 6) is 2.39. The van der Waals surface area contributed by atoms with Gasteiger partial charge < -0.3 is 15.2 Å². The second-order valence-electron chi connectivity index (χ2n) is 4.33. The third-order valence-electron chi connectivity index (χ3n) is 2.72. The summed E-state index contributed by atoms with van der Waals surface area (Å²) in [6.07, 6.45) is 1.80. The van der Waals surface area contributed by atoms with E-state index in [1.54, 1.807) is 11.8 Å². The van der Waals surface area contributed by atoms with Gasteiger partial charge >= 0.3 is 0 Å². The molecule has 0 spiro atoms. The van der Waals surface area contributed by atoms with Gasteiger partial charge in [0.25, 0.3) is 5.91 Å². The Bertz CT molecular complexity index is 381. The topological polar surface area (TPSA) is 58.6 Å². The molecule has 0 aliphatic heterocycles. The highest BCUT2D eigenvalue weighted by Gasteiger charge is 2.02.